The van der Waals surface area contributed by atoms with E-state index in [9.17, 15) is 4.79 Å². The second-order valence-electron chi connectivity index (χ2n) is 3.68. The first-order valence-corrected chi connectivity index (χ1v) is 5.39. The summed E-state index contributed by atoms with van der Waals surface area (Å²) in [5.74, 6) is -0.165. The summed E-state index contributed by atoms with van der Waals surface area (Å²) < 4.78 is 8.79. The predicted molar refractivity (Wildman–Crippen MR) is 56.1 cm³/mol. The number of aryl methyl sites for hydroxylation is 1. The van der Waals surface area contributed by atoms with Crippen LogP contribution >= 0.6 is 0 Å². The molecule has 0 saturated heterocycles. The molecule has 1 rings (SSSR count). The minimum Gasteiger partial charge on any atom is -0.463 e. The molecule has 1 aromatic rings. The third-order valence-corrected chi connectivity index (χ3v) is 2.15. The third-order valence-electron chi connectivity index (χ3n) is 2.15. The third kappa shape index (κ3) is 4.63. The molecule has 4 heteroatoms. The van der Waals surface area contributed by atoms with Gasteiger partial charge in [0.1, 0.15) is 12.4 Å². The Kier molecular flexibility index (Phi) is 4.87. The molecule has 0 atom stereocenters. The zero-order valence-electron chi connectivity index (χ0n) is 9.48. The van der Waals surface area contributed by atoms with Gasteiger partial charge in [0.15, 0.2) is 6.54 Å². The Morgan fingerprint density at radius 1 is 1.47 bits per heavy atom. The average molecular weight is 211 g/mol. The molecule has 0 spiro atoms. The van der Waals surface area contributed by atoms with E-state index in [0.29, 0.717) is 13.2 Å². The monoisotopic (exact) mass is 211 g/mol. The van der Waals surface area contributed by atoms with E-state index in [1.165, 1.54) is 0 Å². The molecule has 1 aromatic heterocycles. The molecule has 0 fully saturated rings. The van der Waals surface area contributed by atoms with Gasteiger partial charge in [-0.15, -0.1) is 0 Å². The van der Waals surface area contributed by atoms with Gasteiger partial charge in [0.25, 0.3) is 0 Å². The van der Waals surface area contributed by atoms with Gasteiger partial charge >= 0.3 is 5.97 Å². The number of unbranched alkanes of at least 4 members (excludes halogenated alkanes) is 2. The summed E-state index contributed by atoms with van der Waals surface area (Å²) in [7, 11) is 1.92. The lowest BCUT2D eigenvalue weighted by Gasteiger charge is -2.01. The number of carbonyl (C=O) groups excluding carboxylic acids is 1. The van der Waals surface area contributed by atoms with Gasteiger partial charge in [-0.3, -0.25) is 0 Å². The molecular weight excluding hydrogens is 192 g/mol. The Labute approximate surface area is 90.5 Å². The van der Waals surface area contributed by atoms with Crippen LogP contribution in [0.5, 0.6) is 0 Å². The highest BCUT2D eigenvalue weighted by Gasteiger charge is 2.08. The van der Waals surface area contributed by atoms with Crippen molar-refractivity contribution in [3.05, 3.63) is 18.7 Å². The Bertz CT molecular complexity index is 307. The Morgan fingerprint density at radius 3 is 2.87 bits per heavy atom. The molecule has 0 aromatic carbocycles. The van der Waals surface area contributed by atoms with Gasteiger partial charge in [0, 0.05) is 0 Å². The molecule has 84 valence electrons. The van der Waals surface area contributed by atoms with E-state index in [1.807, 2.05) is 34.9 Å². The largest absolute Gasteiger partial charge is 0.463 e. The topological polar surface area (TPSA) is 35.1 Å². The SMILES string of the molecule is CCCCCOC(=O)C[n+]1ccn(C)c1. The van der Waals surface area contributed by atoms with Crippen LogP contribution < -0.4 is 4.57 Å². The highest BCUT2D eigenvalue weighted by Crippen LogP contribution is 1.94. The molecule has 0 radical (unpaired) electrons. The second kappa shape index (κ2) is 6.22. The number of esters is 1. The zero-order chi connectivity index (χ0) is 11.1. The van der Waals surface area contributed by atoms with Gasteiger partial charge in [-0.05, 0) is 6.42 Å². The number of aromatic nitrogens is 2. The van der Waals surface area contributed by atoms with Gasteiger partial charge in [0.2, 0.25) is 6.33 Å². The van der Waals surface area contributed by atoms with E-state index in [1.54, 1.807) is 0 Å². The van der Waals surface area contributed by atoms with Crippen molar-refractivity contribution < 1.29 is 14.1 Å². The Morgan fingerprint density at radius 2 is 2.27 bits per heavy atom. The standard InChI is InChI=1S/C11H19N2O2/c1-3-4-5-8-15-11(14)9-13-7-6-12(2)10-13/h6-7,10H,3-5,8-9H2,1-2H3/q+1. The van der Waals surface area contributed by atoms with Crippen molar-refractivity contribution >= 4 is 5.97 Å². The summed E-state index contributed by atoms with van der Waals surface area (Å²) in [4.78, 5) is 11.3. The minimum absolute atomic E-state index is 0.165. The number of carbonyl (C=O) groups is 1. The van der Waals surface area contributed by atoms with Gasteiger partial charge in [-0.25, -0.2) is 13.9 Å². The van der Waals surface area contributed by atoms with E-state index in [-0.39, 0.29) is 5.97 Å². The molecule has 0 amide bonds. The fraction of sp³-hybridized carbons (Fsp3) is 0.636. The van der Waals surface area contributed by atoms with Crippen molar-refractivity contribution in [2.24, 2.45) is 7.05 Å². The summed E-state index contributed by atoms with van der Waals surface area (Å²) in [5.41, 5.74) is 0. The number of imidazole rings is 1. The van der Waals surface area contributed by atoms with Crippen molar-refractivity contribution in [1.82, 2.24) is 4.57 Å². The number of rotatable bonds is 6. The van der Waals surface area contributed by atoms with Crippen LogP contribution in [0.15, 0.2) is 18.7 Å². The normalized spacial score (nSPS) is 10.3. The van der Waals surface area contributed by atoms with Crippen molar-refractivity contribution in [2.45, 2.75) is 32.7 Å². The van der Waals surface area contributed by atoms with Crippen LogP contribution in [0.1, 0.15) is 26.2 Å². The summed E-state index contributed by atoms with van der Waals surface area (Å²) in [6, 6.07) is 0. The van der Waals surface area contributed by atoms with Crippen LogP contribution in [0.3, 0.4) is 0 Å². The summed E-state index contributed by atoms with van der Waals surface area (Å²) in [6.45, 7) is 2.97. The smallest absolute Gasteiger partial charge is 0.348 e. The zero-order valence-corrected chi connectivity index (χ0v) is 9.48. The van der Waals surface area contributed by atoms with E-state index in [2.05, 4.69) is 6.92 Å². The first-order valence-electron chi connectivity index (χ1n) is 5.39. The maximum absolute atomic E-state index is 11.3. The van der Waals surface area contributed by atoms with E-state index in [0.717, 1.165) is 19.3 Å². The van der Waals surface area contributed by atoms with Crippen LogP contribution in [0.4, 0.5) is 0 Å². The number of ether oxygens (including phenoxy) is 1. The number of nitrogens with zero attached hydrogens (tertiary/aromatic N) is 2. The lowest BCUT2D eigenvalue weighted by Crippen LogP contribution is -2.36. The molecule has 0 aliphatic heterocycles. The van der Waals surface area contributed by atoms with Crippen LogP contribution in [0, 0.1) is 0 Å². The fourth-order valence-corrected chi connectivity index (χ4v) is 1.33. The minimum atomic E-state index is -0.165. The predicted octanol–water partition coefficient (Wildman–Crippen LogP) is 1.05. The first-order chi connectivity index (χ1) is 7.22. The number of hydrogen-bond donors (Lipinski definition) is 0. The van der Waals surface area contributed by atoms with Crippen LogP contribution in [0.25, 0.3) is 0 Å². The molecule has 0 N–H and O–H groups in total. The van der Waals surface area contributed by atoms with Crippen molar-refractivity contribution in [2.75, 3.05) is 6.61 Å². The van der Waals surface area contributed by atoms with Crippen LogP contribution in [-0.4, -0.2) is 17.1 Å². The molecule has 1 heterocycles. The summed E-state index contributed by atoms with van der Waals surface area (Å²) >= 11 is 0. The number of hydrogen-bond acceptors (Lipinski definition) is 2. The van der Waals surface area contributed by atoms with Crippen LogP contribution in [0.2, 0.25) is 0 Å². The lowest BCUT2D eigenvalue weighted by atomic mass is 10.3. The highest BCUT2D eigenvalue weighted by molar-refractivity contribution is 5.67. The molecule has 15 heavy (non-hydrogen) atoms. The molecule has 0 saturated carbocycles. The lowest BCUT2D eigenvalue weighted by molar-refractivity contribution is -0.685. The van der Waals surface area contributed by atoms with Gasteiger partial charge in [-0.2, -0.15) is 0 Å². The fourth-order valence-electron chi connectivity index (χ4n) is 1.33. The van der Waals surface area contributed by atoms with Crippen molar-refractivity contribution in [1.29, 1.82) is 0 Å². The molecular formula is C11H19N2O2+. The quantitative estimate of drug-likeness (QED) is 0.400. The molecule has 0 bridgehead atoms. The molecule has 0 aliphatic carbocycles. The summed E-state index contributed by atoms with van der Waals surface area (Å²) in [6.07, 6.45) is 8.82. The molecule has 0 unspecified atom stereocenters. The van der Waals surface area contributed by atoms with Gasteiger partial charge in [-0.1, -0.05) is 19.8 Å². The average Bonchev–Trinajstić information content (AvgIpc) is 2.59. The summed E-state index contributed by atoms with van der Waals surface area (Å²) in [5, 5.41) is 0. The van der Waals surface area contributed by atoms with Gasteiger partial charge < -0.3 is 4.74 Å². The Hall–Kier alpha value is -1.32. The molecule has 4 nitrogen and oxygen atoms in total. The maximum Gasteiger partial charge on any atom is 0.348 e. The first kappa shape index (κ1) is 11.8. The van der Waals surface area contributed by atoms with E-state index >= 15 is 0 Å². The van der Waals surface area contributed by atoms with Crippen LogP contribution in [-0.2, 0) is 23.1 Å². The molecule has 0 aliphatic rings. The Balaban J connectivity index is 2.18. The van der Waals surface area contributed by atoms with Crippen molar-refractivity contribution in [3.8, 4) is 0 Å². The van der Waals surface area contributed by atoms with E-state index in [4.69, 9.17) is 4.74 Å². The maximum atomic E-state index is 11.3. The van der Waals surface area contributed by atoms with E-state index < -0.39 is 0 Å². The second-order valence-corrected chi connectivity index (χ2v) is 3.68. The van der Waals surface area contributed by atoms with Gasteiger partial charge in [0.05, 0.1) is 13.7 Å². The van der Waals surface area contributed by atoms with Crippen molar-refractivity contribution in [3.63, 3.8) is 0 Å². The highest BCUT2D eigenvalue weighted by atomic mass is 16.5.